The highest BCUT2D eigenvalue weighted by molar-refractivity contribution is 6.55. The third-order valence-electron chi connectivity index (χ3n) is 5.10. The Hall–Kier alpha value is -1.01. The van der Waals surface area contributed by atoms with E-state index in [2.05, 4.69) is 0 Å². The second-order valence-electron chi connectivity index (χ2n) is 7.52. The van der Waals surface area contributed by atoms with Crippen molar-refractivity contribution in [3.63, 3.8) is 0 Å². The van der Waals surface area contributed by atoms with E-state index in [1.165, 1.54) is 0 Å². The minimum absolute atomic E-state index is 0.0124. The van der Waals surface area contributed by atoms with Crippen molar-refractivity contribution in [2.75, 3.05) is 6.61 Å². The van der Waals surface area contributed by atoms with Crippen molar-refractivity contribution >= 4 is 13.1 Å². The fourth-order valence-electron chi connectivity index (χ4n) is 2.62. The van der Waals surface area contributed by atoms with Gasteiger partial charge in [0.1, 0.15) is 5.60 Å². The summed E-state index contributed by atoms with van der Waals surface area (Å²) in [7, 11) is -0.596. The molecule has 6 heteroatoms. The van der Waals surface area contributed by atoms with Crippen molar-refractivity contribution in [3.8, 4) is 0 Å². The van der Waals surface area contributed by atoms with E-state index in [0.29, 0.717) is 6.61 Å². The summed E-state index contributed by atoms with van der Waals surface area (Å²) in [6.45, 7) is 16.0. The van der Waals surface area contributed by atoms with E-state index in [0.717, 1.165) is 5.47 Å². The Morgan fingerprint density at radius 1 is 1.14 bits per heavy atom. The van der Waals surface area contributed by atoms with E-state index in [4.69, 9.17) is 18.8 Å². The molecule has 1 fully saturated rings. The summed E-state index contributed by atoms with van der Waals surface area (Å²) in [6, 6.07) is 0. The van der Waals surface area contributed by atoms with Crippen molar-refractivity contribution in [2.24, 2.45) is 5.92 Å². The largest absolute Gasteiger partial charge is 0.495 e. The van der Waals surface area contributed by atoms with Crippen LogP contribution in [0.1, 0.15) is 55.4 Å². The minimum Gasteiger partial charge on any atom is -0.481 e. The Morgan fingerprint density at radius 3 is 2.09 bits per heavy atom. The van der Waals surface area contributed by atoms with Crippen LogP contribution >= 0.6 is 0 Å². The van der Waals surface area contributed by atoms with E-state index < -0.39 is 29.9 Å². The van der Waals surface area contributed by atoms with Crippen molar-refractivity contribution in [1.82, 2.24) is 0 Å². The van der Waals surface area contributed by atoms with Gasteiger partial charge in [0.2, 0.25) is 5.76 Å². The smallest absolute Gasteiger partial charge is 0.481 e. The fraction of sp³-hybridized carbons (Fsp3) is 0.812. The summed E-state index contributed by atoms with van der Waals surface area (Å²) in [5, 5.41) is 0. The predicted octanol–water partition coefficient (Wildman–Crippen LogP) is 2.88. The molecule has 0 aromatic heterocycles. The maximum Gasteiger partial charge on any atom is 0.495 e. The van der Waals surface area contributed by atoms with Crippen molar-refractivity contribution in [1.29, 1.82) is 0 Å². The molecule has 0 spiro atoms. The Labute approximate surface area is 133 Å². The summed E-state index contributed by atoms with van der Waals surface area (Å²) in [5.74, 6) is -0.232. The molecule has 5 nitrogen and oxygen atoms in total. The summed E-state index contributed by atoms with van der Waals surface area (Å²) in [5.41, 5.74) is -0.684. The quantitative estimate of drug-likeness (QED) is 0.592. The number of hydrogen-bond acceptors (Lipinski definition) is 5. The van der Waals surface area contributed by atoms with Gasteiger partial charge in [-0.3, -0.25) is 0 Å². The van der Waals surface area contributed by atoms with E-state index in [1.807, 2.05) is 48.5 Å². The molecule has 0 N–H and O–H groups in total. The van der Waals surface area contributed by atoms with Crippen LogP contribution in [0.3, 0.4) is 0 Å². The molecule has 22 heavy (non-hydrogen) atoms. The summed E-state index contributed by atoms with van der Waals surface area (Å²) < 4.78 is 23.2. The third-order valence-corrected chi connectivity index (χ3v) is 5.10. The summed E-state index contributed by atoms with van der Waals surface area (Å²) in [4.78, 5) is 12.3. The molecule has 2 heterocycles. The first-order chi connectivity index (χ1) is 9.93. The molecule has 1 saturated heterocycles. The number of rotatable bonds is 3. The van der Waals surface area contributed by atoms with Gasteiger partial charge in [0.25, 0.3) is 0 Å². The van der Waals surface area contributed by atoms with Gasteiger partial charge in [0, 0.05) is 11.4 Å². The fourth-order valence-corrected chi connectivity index (χ4v) is 2.62. The van der Waals surface area contributed by atoms with Gasteiger partial charge in [-0.2, -0.15) is 0 Å². The van der Waals surface area contributed by atoms with Crippen LogP contribution in [0.25, 0.3) is 0 Å². The van der Waals surface area contributed by atoms with E-state index in [9.17, 15) is 4.79 Å². The number of carbonyl (C=O) groups is 1. The van der Waals surface area contributed by atoms with Gasteiger partial charge < -0.3 is 18.8 Å². The molecule has 0 aromatic carbocycles. The van der Waals surface area contributed by atoms with Gasteiger partial charge in [0.05, 0.1) is 17.8 Å². The van der Waals surface area contributed by atoms with Crippen LogP contribution < -0.4 is 0 Å². The SMILES string of the molecule is CCOC(=O)C1=C(B2OC(C)(C)C(C)(C)O2)[C@H](C)C(C)(C)O1. The molecule has 2 aliphatic heterocycles. The summed E-state index contributed by atoms with van der Waals surface area (Å²) in [6.07, 6.45) is 0. The second kappa shape index (κ2) is 5.27. The maximum atomic E-state index is 12.3. The highest BCUT2D eigenvalue weighted by Crippen LogP contribution is 2.46. The van der Waals surface area contributed by atoms with Crippen LogP contribution in [0.15, 0.2) is 11.2 Å². The molecule has 0 aromatic rings. The second-order valence-corrected chi connectivity index (χ2v) is 7.52. The van der Waals surface area contributed by atoms with Gasteiger partial charge in [-0.25, -0.2) is 4.79 Å². The maximum absolute atomic E-state index is 12.3. The Morgan fingerprint density at radius 2 is 1.64 bits per heavy atom. The zero-order valence-corrected chi connectivity index (χ0v) is 14.9. The standard InChI is InChI=1S/C16H27BO5/c1-9-19-13(18)12-11(10(2)14(3,4)20-12)17-21-15(5,6)16(7,8)22-17/h10H,9H2,1-8H3/t10-/m0/s1. The van der Waals surface area contributed by atoms with Crippen molar-refractivity contribution in [3.05, 3.63) is 11.2 Å². The lowest BCUT2D eigenvalue weighted by atomic mass is 9.68. The molecule has 2 aliphatic rings. The molecule has 0 aliphatic carbocycles. The van der Waals surface area contributed by atoms with E-state index in [-0.39, 0.29) is 11.7 Å². The third kappa shape index (κ3) is 2.67. The van der Waals surface area contributed by atoms with Gasteiger partial charge in [-0.1, -0.05) is 6.92 Å². The van der Waals surface area contributed by atoms with Crippen molar-refractivity contribution in [2.45, 2.75) is 72.2 Å². The van der Waals surface area contributed by atoms with Gasteiger partial charge in [-0.05, 0) is 48.5 Å². The summed E-state index contributed by atoms with van der Waals surface area (Å²) >= 11 is 0. The van der Waals surface area contributed by atoms with Crippen LogP contribution in [-0.4, -0.2) is 36.5 Å². The molecule has 0 radical (unpaired) electrons. The lowest BCUT2D eigenvalue weighted by molar-refractivity contribution is -0.144. The highest BCUT2D eigenvalue weighted by atomic mass is 16.7. The highest BCUT2D eigenvalue weighted by Gasteiger charge is 2.58. The van der Waals surface area contributed by atoms with Crippen molar-refractivity contribution < 1.29 is 23.6 Å². The first-order valence-electron chi connectivity index (χ1n) is 7.89. The Bertz CT molecular complexity index is 491. The number of esters is 1. The van der Waals surface area contributed by atoms with Gasteiger partial charge in [-0.15, -0.1) is 0 Å². The lowest BCUT2D eigenvalue weighted by Crippen LogP contribution is -2.41. The molecule has 0 saturated carbocycles. The molecule has 0 bridgehead atoms. The number of ether oxygens (including phenoxy) is 2. The van der Waals surface area contributed by atoms with Crippen LogP contribution in [-0.2, 0) is 23.6 Å². The first-order valence-corrected chi connectivity index (χ1v) is 7.89. The number of carbonyl (C=O) groups excluding carboxylic acids is 1. The van der Waals surface area contributed by atoms with Crippen LogP contribution in [0.5, 0.6) is 0 Å². The molecule has 124 valence electrons. The predicted molar refractivity (Wildman–Crippen MR) is 84.1 cm³/mol. The topological polar surface area (TPSA) is 54.0 Å². The van der Waals surface area contributed by atoms with Crippen LogP contribution in [0.4, 0.5) is 0 Å². The average molecular weight is 310 g/mol. The number of hydrogen-bond donors (Lipinski definition) is 0. The molecular weight excluding hydrogens is 283 g/mol. The average Bonchev–Trinajstić information content (AvgIpc) is 2.71. The lowest BCUT2D eigenvalue weighted by Gasteiger charge is -2.32. The monoisotopic (exact) mass is 310 g/mol. The zero-order chi connectivity index (χ0) is 16.9. The zero-order valence-electron chi connectivity index (χ0n) is 14.9. The molecular formula is C16H27BO5. The van der Waals surface area contributed by atoms with E-state index >= 15 is 0 Å². The molecule has 0 amide bonds. The molecule has 2 rings (SSSR count). The van der Waals surface area contributed by atoms with E-state index in [1.54, 1.807) is 6.92 Å². The molecule has 0 unspecified atom stereocenters. The minimum atomic E-state index is -0.596. The normalized spacial score (nSPS) is 28.7. The van der Waals surface area contributed by atoms with Crippen LogP contribution in [0, 0.1) is 5.92 Å². The Balaban J connectivity index is 2.40. The molecule has 1 atom stereocenters. The Kier molecular flexibility index (Phi) is 4.16. The van der Waals surface area contributed by atoms with Gasteiger partial charge in [0.15, 0.2) is 0 Å². The first kappa shape index (κ1) is 17.4. The van der Waals surface area contributed by atoms with Crippen LogP contribution in [0.2, 0.25) is 0 Å². The van der Waals surface area contributed by atoms with Gasteiger partial charge >= 0.3 is 13.1 Å².